The molecule has 0 saturated carbocycles. The van der Waals surface area contributed by atoms with Crippen LogP contribution < -0.4 is 10.5 Å². The van der Waals surface area contributed by atoms with Crippen LogP contribution in [0.4, 0.5) is 10.1 Å². The Morgan fingerprint density at radius 3 is 2.75 bits per heavy atom. The Hall–Kier alpha value is -2.41. The van der Waals surface area contributed by atoms with E-state index < -0.39 is 11.7 Å². The van der Waals surface area contributed by atoms with Crippen molar-refractivity contribution in [2.24, 2.45) is 0 Å². The summed E-state index contributed by atoms with van der Waals surface area (Å²) in [5.41, 5.74) is 0.532. The predicted molar refractivity (Wildman–Crippen MR) is 108 cm³/mol. The van der Waals surface area contributed by atoms with Gasteiger partial charge in [-0.2, -0.15) is 5.10 Å². The zero-order valence-corrected chi connectivity index (χ0v) is 17.0. The lowest BCUT2D eigenvalue weighted by atomic mass is 10.0. The molecule has 2 aromatic rings. The van der Waals surface area contributed by atoms with E-state index in [0.717, 1.165) is 18.2 Å². The Morgan fingerprint density at radius 2 is 2.11 bits per heavy atom. The normalized spacial score (nSPS) is 17.1. The topological polar surface area (TPSA) is 58.4 Å². The number of nitrogens with zero attached hydrogens (tertiary/aromatic N) is 4. The first-order valence-corrected chi connectivity index (χ1v) is 9.71. The molecule has 0 aliphatic carbocycles. The molecule has 1 aliphatic rings. The van der Waals surface area contributed by atoms with E-state index in [1.165, 1.54) is 16.8 Å². The number of amides is 1. The number of hydrogen-bond donors (Lipinski definition) is 0. The molecule has 0 radical (unpaired) electrons. The van der Waals surface area contributed by atoms with Crippen LogP contribution in [0.1, 0.15) is 43.1 Å². The second-order valence-electron chi connectivity index (χ2n) is 7.37. The number of halogens is 2. The van der Waals surface area contributed by atoms with Crippen LogP contribution in [0.3, 0.4) is 0 Å². The van der Waals surface area contributed by atoms with Crippen LogP contribution in [0.15, 0.2) is 35.3 Å². The first-order valence-electron chi connectivity index (χ1n) is 9.34. The third-order valence-electron chi connectivity index (χ3n) is 5.18. The minimum Gasteiger partial charge on any atom is -0.371 e. The van der Waals surface area contributed by atoms with E-state index in [4.69, 9.17) is 11.6 Å². The van der Waals surface area contributed by atoms with Crippen LogP contribution in [0, 0.1) is 5.82 Å². The van der Waals surface area contributed by atoms with Gasteiger partial charge in [0, 0.05) is 37.3 Å². The summed E-state index contributed by atoms with van der Waals surface area (Å²) in [4.78, 5) is 28.9. The zero-order chi connectivity index (χ0) is 20.4. The number of piperidine rings is 1. The maximum Gasteiger partial charge on any atom is 0.269 e. The molecule has 8 heteroatoms. The summed E-state index contributed by atoms with van der Waals surface area (Å²) in [5, 5.41) is 4.58. The van der Waals surface area contributed by atoms with E-state index in [-0.39, 0.29) is 28.2 Å². The molecule has 0 spiro atoms. The monoisotopic (exact) mass is 406 g/mol. The number of aromatic nitrogens is 2. The molecule has 0 N–H and O–H groups in total. The van der Waals surface area contributed by atoms with E-state index in [0.29, 0.717) is 19.5 Å². The number of benzene rings is 1. The number of carbonyl (C=O) groups excluding carboxylic acids is 1. The molecule has 28 heavy (non-hydrogen) atoms. The number of hydrogen-bond acceptors (Lipinski definition) is 4. The van der Waals surface area contributed by atoms with Gasteiger partial charge in [-0.05, 0) is 44.9 Å². The molecule has 1 saturated heterocycles. The molecule has 1 aromatic heterocycles. The molecule has 1 atom stereocenters. The average Bonchev–Trinajstić information content (AvgIpc) is 2.67. The van der Waals surface area contributed by atoms with Crippen molar-refractivity contribution in [3.8, 4) is 0 Å². The smallest absolute Gasteiger partial charge is 0.269 e. The van der Waals surface area contributed by atoms with Crippen LogP contribution in [0.5, 0.6) is 0 Å². The predicted octanol–water partition coefficient (Wildman–Crippen LogP) is 3.36. The van der Waals surface area contributed by atoms with E-state index in [1.54, 1.807) is 17.2 Å². The van der Waals surface area contributed by atoms with Gasteiger partial charge >= 0.3 is 0 Å². The van der Waals surface area contributed by atoms with E-state index in [2.05, 4.69) is 5.10 Å². The number of anilines is 1. The van der Waals surface area contributed by atoms with Crippen molar-refractivity contribution in [3.05, 3.63) is 57.2 Å². The third kappa shape index (κ3) is 4.19. The molecule has 2 heterocycles. The molecular formula is C20H24ClFN4O2. The van der Waals surface area contributed by atoms with Gasteiger partial charge in [0.1, 0.15) is 5.82 Å². The van der Waals surface area contributed by atoms with Crippen LogP contribution in [-0.2, 0) is 0 Å². The Kier molecular flexibility index (Phi) is 6.03. The zero-order valence-electron chi connectivity index (χ0n) is 16.2. The van der Waals surface area contributed by atoms with Gasteiger partial charge in [0.05, 0.1) is 23.5 Å². The van der Waals surface area contributed by atoms with Crippen molar-refractivity contribution in [2.45, 2.75) is 38.8 Å². The highest BCUT2D eigenvalue weighted by Crippen LogP contribution is 2.23. The molecule has 1 aromatic carbocycles. The highest BCUT2D eigenvalue weighted by Gasteiger charge is 2.28. The molecular weight excluding hydrogens is 383 g/mol. The Labute approximate surface area is 168 Å². The van der Waals surface area contributed by atoms with Crippen molar-refractivity contribution in [3.63, 3.8) is 0 Å². The summed E-state index contributed by atoms with van der Waals surface area (Å²) < 4.78 is 15.5. The van der Waals surface area contributed by atoms with Crippen LogP contribution in [0.25, 0.3) is 0 Å². The summed E-state index contributed by atoms with van der Waals surface area (Å²) in [6.45, 7) is 4.89. The summed E-state index contributed by atoms with van der Waals surface area (Å²) in [5.74, 6) is -1.04. The van der Waals surface area contributed by atoms with Crippen molar-refractivity contribution < 1.29 is 9.18 Å². The lowest BCUT2D eigenvalue weighted by Gasteiger charge is -2.33. The first kappa shape index (κ1) is 20.3. The summed E-state index contributed by atoms with van der Waals surface area (Å²) in [6.07, 6.45) is 3.12. The molecule has 3 rings (SSSR count). The van der Waals surface area contributed by atoms with Crippen molar-refractivity contribution in [2.75, 3.05) is 25.0 Å². The van der Waals surface area contributed by atoms with Gasteiger partial charge in [-0.15, -0.1) is 0 Å². The van der Waals surface area contributed by atoms with E-state index >= 15 is 0 Å². The summed E-state index contributed by atoms with van der Waals surface area (Å²) >= 11 is 5.77. The molecule has 1 amide bonds. The Balaban J connectivity index is 1.80. The van der Waals surface area contributed by atoms with Gasteiger partial charge in [0.25, 0.3) is 11.5 Å². The number of rotatable bonds is 4. The molecule has 1 aliphatic heterocycles. The lowest BCUT2D eigenvalue weighted by molar-refractivity contribution is 0.0665. The van der Waals surface area contributed by atoms with Gasteiger partial charge in [0.15, 0.2) is 0 Å². The minimum atomic E-state index is -0.643. The highest BCUT2D eigenvalue weighted by atomic mass is 35.5. The molecule has 1 unspecified atom stereocenters. The maximum absolute atomic E-state index is 14.1. The quantitative estimate of drug-likeness (QED) is 0.781. The third-order valence-corrected chi connectivity index (χ3v) is 5.42. The molecule has 0 bridgehead atoms. The minimum absolute atomic E-state index is 0.0146. The fourth-order valence-electron chi connectivity index (χ4n) is 3.35. The average molecular weight is 407 g/mol. The van der Waals surface area contributed by atoms with Crippen LogP contribution in [0.2, 0.25) is 5.02 Å². The first-order chi connectivity index (χ1) is 13.3. The maximum atomic E-state index is 14.1. The summed E-state index contributed by atoms with van der Waals surface area (Å²) in [6, 6.07) is 5.59. The summed E-state index contributed by atoms with van der Waals surface area (Å²) in [7, 11) is 1.91. The van der Waals surface area contributed by atoms with E-state index in [9.17, 15) is 14.0 Å². The van der Waals surface area contributed by atoms with Gasteiger partial charge in [0.2, 0.25) is 0 Å². The lowest BCUT2D eigenvalue weighted by Crippen LogP contribution is -2.43. The molecule has 150 valence electrons. The molecule has 1 fully saturated rings. The SMILES string of the molecule is CC(C)N(C)c1cnn(C2CCCN(C(=O)c3ccc(Cl)cc3F)C2)c(=O)c1. The second kappa shape index (κ2) is 8.31. The van der Waals surface area contributed by atoms with E-state index in [1.807, 2.05) is 25.8 Å². The number of likely N-dealkylation sites (tertiary alicyclic amines) is 1. The Bertz CT molecular complexity index is 931. The highest BCUT2D eigenvalue weighted by molar-refractivity contribution is 6.30. The van der Waals surface area contributed by atoms with Crippen LogP contribution in [-0.4, -0.2) is 46.8 Å². The van der Waals surface area contributed by atoms with Crippen molar-refractivity contribution in [1.29, 1.82) is 0 Å². The fourth-order valence-corrected chi connectivity index (χ4v) is 3.50. The largest absolute Gasteiger partial charge is 0.371 e. The Morgan fingerprint density at radius 1 is 1.36 bits per heavy atom. The van der Waals surface area contributed by atoms with Crippen molar-refractivity contribution >= 4 is 23.2 Å². The van der Waals surface area contributed by atoms with Crippen molar-refractivity contribution in [1.82, 2.24) is 14.7 Å². The molecule has 6 nitrogen and oxygen atoms in total. The van der Waals surface area contributed by atoms with Gasteiger partial charge in [-0.3, -0.25) is 9.59 Å². The second-order valence-corrected chi connectivity index (χ2v) is 7.81. The van der Waals surface area contributed by atoms with Gasteiger partial charge < -0.3 is 9.80 Å². The number of carbonyl (C=O) groups is 1. The van der Waals surface area contributed by atoms with Gasteiger partial charge in [-0.1, -0.05) is 11.6 Å². The standard InChI is InChI=1S/C20H24ClFN4O2/c1-13(2)24(3)16-10-19(27)26(23-11-16)15-5-4-8-25(12-15)20(28)17-7-6-14(21)9-18(17)22/h6-7,9-11,13,15H,4-5,8,12H2,1-3H3. The fraction of sp³-hybridized carbons (Fsp3) is 0.450. The van der Waals surface area contributed by atoms with Gasteiger partial charge in [-0.25, -0.2) is 9.07 Å². The van der Waals surface area contributed by atoms with Crippen LogP contribution >= 0.6 is 11.6 Å².